The molecular weight excluding hydrogens is 374 g/mol. The summed E-state index contributed by atoms with van der Waals surface area (Å²) in [5.41, 5.74) is 2.74. The number of benzene rings is 2. The number of carbonyl (C=O) groups excluding carboxylic acids is 1. The van der Waals surface area contributed by atoms with Crippen LogP contribution in [-0.4, -0.2) is 24.2 Å². The van der Waals surface area contributed by atoms with Gasteiger partial charge in [0.2, 0.25) is 0 Å². The highest BCUT2D eigenvalue weighted by Gasteiger charge is 2.02. The molecule has 1 aromatic heterocycles. The van der Waals surface area contributed by atoms with Gasteiger partial charge in [-0.3, -0.25) is 4.79 Å². The molecule has 0 saturated heterocycles. The summed E-state index contributed by atoms with van der Waals surface area (Å²) in [6, 6.07) is 17.4. The lowest BCUT2D eigenvalue weighted by Gasteiger charge is -2.07. The van der Waals surface area contributed by atoms with Gasteiger partial charge in [-0.1, -0.05) is 35.9 Å². The molecule has 0 radical (unpaired) electrons. The smallest absolute Gasteiger partial charge is 0.305 e. The van der Waals surface area contributed by atoms with Crippen molar-refractivity contribution in [1.29, 1.82) is 0 Å². The van der Waals surface area contributed by atoms with Gasteiger partial charge in [-0.15, -0.1) is 0 Å². The van der Waals surface area contributed by atoms with E-state index in [1.165, 1.54) is 0 Å². The number of nitrogens with zero attached hydrogens (tertiary/aromatic N) is 1. The van der Waals surface area contributed by atoms with Crippen LogP contribution in [0.2, 0.25) is 5.02 Å². The van der Waals surface area contributed by atoms with Gasteiger partial charge >= 0.3 is 5.97 Å². The van der Waals surface area contributed by atoms with E-state index in [1.54, 1.807) is 6.92 Å². The molecule has 144 valence electrons. The zero-order valence-electron chi connectivity index (χ0n) is 15.7. The molecule has 3 aromatic rings. The van der Waals surface area contributed by atoms with E-state index < -0.39 is 0 Å². The van der Waals surface area contributed by atoms with Crippen LogP contribution in [0, 0.1) is 0 Å². The van der Waals surface area contributed by atoms with Crippen LogP contribution in [0.15, 0.2) is 54.6 Å². The molecule has 3 rings (SSSR count). The van der Waals surface area contributed by atoms with E-state index >= 15 is 0 Å². The number of ether oxygens (including phenoxy) is 2. The summed E-state index contributed by atoms with van der Waals surface area (Å²) in [6.45, 7) is 2.68. The Morgan fingerprint density at radius 2 is 1.96 bits per heavy atom. The fourth-order valence-corrected chi connectivity index (χ4v) is 2.99. The standard InChI is InChI=1S/C23H22ClNO3/c1-2-27-23(26)10-5-15-28-19-7-3-6-17(16-19)11-12-18-13-14-20-21(24)8-4-9-22(20)25-18/h3-4,6-9,11-14,16H,2,5,10,15H2,1H3/b12-11+. The van der Waals surface area contributed by atoms with E-state index in [1.807, 2.05) is 66.7 Å². The van der Waals surface area contributed by atoms with Crippen LogP contribution in [0.1, 0.15) is 31.0 Å². The normalized spacial score (nSPS) is 11.1. The summed E-state index contributed by atoms with van der Waals surface area (Å²) in [5.74, 6) is 0.580. The molecule has 0 atom stereocenters. The van der Waals surface area contributed by atoms with E-state index in [0.717, 1.165) is 27.9 Å². The molecule has 5 heteroatoms. The number of hydrogen-bond acceptors (Lipinski definition) is 4. The van der Waals surface area contributed by atoms with Crippen molar-refractivity contribution in [3.63, 3.8) is 0 Å². The van der Waals surface area contributed by atoms with Crippen LogP contribution >= 0.6 is 11.6 Å². The molecule has 0 saturated carbocycles. The summed E-state index contributed by atoms with van der Waals surface area (Å²) in [5, 5.41) is 1.65. The van der Waals surface area contributed by atoms with Crippen molar-refractivity contribution in [3.8, 4) is 5.75 Å². The van der Waals surface area contributed by atoms with Crippen LogP contribution in [0.4, 0.5) is 0 Å². The summed E-state index contributed by atoms with van der Waals surface area (Å²) >= 11 is 6.19. The van der Waals surface area contributed by atoms with Gasteiger partial charge in [0.15, 0.2) is 0 Å². The van der Waals surface area contributed by atoms with E-state index in [2.05, 4.69) is 4.98 Å². The largest absolute Gasteiger partial charge is 0.494 e. The fourth-order valence-electron chi connectivity index (χ4n) is 2.76. The number of carbonyl (C=O) groups is 1. The number of halogens is 1. The second kappa shape index (κ2) is 9.90. The Morgan fingerprint density at radius 3 is 2.82 bits per heavy atom. The Kier molecular flexibility index (Phi) is 7.04. The molecule has 0 aliphatic carbocycles. The lowest BCUT2D eigenvalue weighted by Crippen LogP contribution is -2.06. The van der Waals surface area contributed by atoms with Gasteiger partial charge in [0.05, 0.1) is 24.4 Å². The van der Waals surface area contributed by atoms with Crippen molar-refractivity contribution in [2.24, 2.45) is 0 Å². The molecule has 28 heavy (non-hydrogen) atoms. The van der Waals surface area contributed by atoms with E-state index in [9.17, 15) is 4.79 Å². The number of rotatable bonds is 8. The Bertz CT molecular complexity index is 984. The summed E-state index contributed by atoms with van der Waals surface area (Å²) in [4.78, 5) is 15.9. The molecule has 0 N–H and O–H groups in total. The van der Waals surface area contributed by atoms with Crippen molar-refractivity contribution in [1.82, 2.24) is 4.98 Å². The third-order valence-electron chi connectivity index (χ3n) is 4.10. The molecule has 2 aromatic carbocycles. The number of pyridine rings is 1. The van der Waals surface area contributed by atoms with Crippen LogP contribution in [0.25, 0.3) is 23.1 Å². The molecule has 0 fully saturated rings. The maximum atomic E-state index is 11.3. The van der Waals surface area contributed by atoms with Gasteiger partial charge < -0.3 is 9.47 Å². The number of aromatic nitrogens is 1. The molecule has 0 aliphatic rings. The van der Waals surface area contributed by atoms with Crippen molar-refractivity contribution >= 4 is 40.6 Å². The number of fused-ring (bicyclic) bond motifs is 1. The zero-order chi connectivity index (χ0) is 19.8. The Hall–Kier alpha value is -2.85. The molecule has 0 amide bonds. The average molecular weight is 396 g/mol. The summed E-state index contributed by atoms with van der Waals surface area (Å²) in [7, 11) is 0. The van der Waals surface area contributed by atoms with Gasteiger partial charge in [-0.25, -0.2) is 4.98 Å². The highest BCUT2D eigenvalue weighted by Crippen LogP contribution is 2.23. The van der Waals surface area contributed by atoms with Crippen LogP contribution < -0.4 is 4.74 Å². The number of esters is 1. The maximum Gasteiger partial charge on any atom is 0.305 e. The first-order valence-electron chi connectivity index (χ1n) is 9.27. The Morgan fingerprint density at radius 1 is 1.11 bits per heavy atom. The van der Waals surface area contributed by atoms with Crippen molar-refractivity contribution in [3.05, 3.63) is 70.9 Å². The molecule has 0 spiro atoms. The predicted octanol–water partition coefficient (Wildman–Crippen LogP) is 5.78. The van der Waals surface area contributed by atoms with Crippen LogP contribution in [-0.2, 0) is 9.53 Å². The molecular formula is C23H22ClNO3. The highest BCUT2D eigenvalue weighted by molar-refractivity contribution is 6.35. The minimum absolute atomic E-state index is 0.188. The van der Waals surface area contributed by atoms with E-state index in [0.29, 0.717) is 31.1 Å². The van der Waals surface area contributed by atoms with Gasteiger partial charge in [0.1, 0.15) is 5.75 Å². The average Bonchev–Trinajstić information content (AvgIpc) is 2.70. The molecule has 0 unspecified atom stereocenters. The fraction of sp³-hybridized carbons (Fsp3) is 0.217. The van der Waals surface area contributed by atoms with Crippen molar-refractivity contribution < 1.29 is 14.3 Å². The van der Waals surface area contributed by atoms with Crippen molar-refractivity contribution in [2.75, 3.05) is 13.2 Å². The third-order valence-corrected chi connectivity index (χ3v) is 4.43. The first-order chi connectivity index (χ1) is 13.7. The minimum atomic E-state index is -0.188. The van der Waals surface area contributed by atoms with Crippen LogP contribution in [0.3, 0.4) is 0 Å². The molecule has 1 heterocycles. The topological polar surface area (TPSA) is 48.4 Å². The second-order valence-corrected chi connectivity index (χ2v) is 6.61. The second-order valence-electron chi connectivity index (χ2n) is 6.21. The first-order valence-corrected chi connectivity index (χ1v) is 9.65. The van der Waals surface area contributed by atoms with E-state index in [4.69, 9.17) is 21.1 Å². The van der Waals surface area contributed by atoms with Gasteiger partial charge in [0.25, 0.3) is 0 Å². The minimum Gasteiger partial charge on any atom is -0.494 e. The van der Waals surface area contributed by atoms with Gasteiger partial charge in [0, 0.05) is 16.8 Å². The molecule has 4 nitrogen and oxygen atoms in total. The highest BCUT2D eigenvalue weighted by atomic mass is 35.5. The third kappa shape index (κ3) is 5.57. The van der Waals surface area contributed by atoms with E-state index in [-0.39, 0.29) is 5.97 Å². The summed E-state index contributed by atoms with van der Waals surface area (Å²) < 4.78 is 10.6. The van der Waals surface area contributed by atoms with Crippen LogP contribution in [0.5, 0.6) is 5.75 Å². The zero-order valence-corrected chi connectivity index (χ0v) is 16.5. The number of hydrogen-bond donors (Lipinski definition) is 0. The lowest BCUT2D eigenvalue weighted by molar-refractivity contribution is -0.143. The monoisotopic (exact) mass is 395 g/mol. The summed E-state index contributed by atoms with van der Waals surface area (Å²) in [6.07, 6.45) is 4.94. The lowest BCUT2D eigenvalue weighted by atomic mass is 10.1. The predicted molar refractivity (Wildman–Crippen MR) is 113 cm³/mol. The Balaban J connectivity index is 1.60. The van der Waals surface area contributed by atoms with Gasteiger partial charge in [-0.05, 0) is 61.4 Å². The maximum absolute atomic E-state index is 11.3. The quantitative estimate of drug-likeness (QED) is 0.358. The van der Waals surface area contributed by atoms with Crippen molar-refractivity contribution in [2.45, 2.75) is 19.8 Å². The molecule has 0 bridgehead atoms. The first kappa shape index (κ1) is 19.9. The Labute approximate surface area is 169 Å². The van der Waals surface area contributed by atoms with Gasteiger partial charge in [-0.2, -0.15) is 0 Å². The SMILES string of the molecule is CCOC(=O)CCCOc1cccc(/C=C/c2ccc3c(Cl)cccc3n2)c1. The molecule has 0 aliphatic heterocycles.